The first-order chi connectivity index (χ1) is 26.9. The Kier molecular flexibility index (Phi) is 11.7. The van der Waals surface area contributed by atoms with Crippen LogP contribution in [0.4, 0.5) is 5.82 Å². The lowest BCUT2D eigenvalue weighted by Crippen LogP contribution is -2.39. The number of H-pyrrole nitrogens is 1. The number of hydrogen-bond donors (Lipinski definition) is 5. The van der Waals surface area contributed by atoms with Crippen LogP contribution in [0.5, 0.6) is 11.5 Å². The summed E-state index contributed by atoms with van der Waals surface area (Å²) in [6.45, 7) is -5.35. The highest BCUT2D eigenvalue weighted by atomic mass is 32.7. The number of nitrogen functional groups attached to an aromatic ring is 1. The Bertz CT molecular complexity index is 2340. The van der Waals surface area contributed by atoms with E-state index in [1.165, 1.54) is 50.2 Å². The van der Waals surface area contributed by atoms with Crippen LogP contribution in [0.2, 0.25) is 0 Å². The zero-order chi connectivity index (χ0) is 39.6. The van der Waals surface area contributed by atoms with Gasteiger partial charge in [0.2, 0.25) is 0 Å². The van der Waals surface area contributed by atoms with Crippen LogP contribution in [-0.2, 0) is 33.6 Å². The van der Waals surface area contributed by atoms with Gasteiger partial charge in [0.15, 0.2) is 17.7 Å². The van der Waals surface area contributed by atoms with Crippen LogP contribution in [0.3, 0.4) is 0 Å². The first-order valence-corrected chi connectivity index (χ1v) is 20.1. The van der Waals surface area contributed by atoms with E-state index in [1.807, 2.05) is 0 Å². The Morgan fingerprint density at radius 2 is 1.80 bits per heavy atom. The second kappa shape index (κ2) is 16.6. The minimum absolute atomic E-state index is 0.00337. The van der Waals surface area contributed by atoms with E-state index in [-0.39, 0.29) is 35.1 Å². The molecule has 0 aliphatic carbocycles. The van der Waals surface area contributed by atoms with Crippen molar-refractivity contribution in [3.8, 4) is 11.5 Å². The average molecular weight is 814 g/mol. The molecule has 0 spiro atoms. The van der Waals surface area contributed by atoms with Crippen LogP contribution >= 0.6 is 18.2 Å². The second-order valence-electron chi connectivity index (χ2n) is 12.6. The molecule has 5 heterocycles. The minimum atomic E-state index is -4.31. The largest absolute Gasteiger partial charge is 0.508 e. The number of aromatic nitrogens is 6. The molecular formula is C34H36N7O13PS. The summed E-state index contributed by atoms with van der Waals surface area (Å²) in [5.74, 6) is -0.187. The van der Waals surface area contributed by atoms with E-state index >= 15 is 0 Å². The summed E-state index contributed by atoms with van der Waals surface area (Å²) in [5.41, 5.74) is 6.08. The number of carbonyl (C=O) groups is 1. The number of esters is 1. The zero-order valence-corrected chi connectivity index (χ0v) is 31.1. The van der Waals surface area contributed by atoms with Crippen molar-refractivity contribution in [2.75, 3.05) is 26.1 Å². The first-order valence-electron chi connectivity index (χ1n) is 17.0. The number of nitrogens with one attached hydrogen (secondary N) is 1. The molecule has 2 aliphatic rings. The van der Waals surface area contributed by atoms with E-state index in [1.54, 1.807) is 28.8 Å². The number of hydrogen-bond acceptors (Lipinski definition) is 18. The molecule has 2 fully saturated rings. The van der Waals surface area contributed by atoms with Crippen molar-refractivity contribution in [3.63, 3.8) is 0 Å². The third-order valence-corrected chi connectivity index (χ3v) is 12.7. The van der Waals surface area contributed by atoms with Crippen LogP contribution < -0.4 is 21.7 Å². The predicted octanol–water partition coefficient (Wildman–Crippen LogP) is 1.88. The lowest BCUT2D eigenvalue weighted by Gasteiger charge is -2.28. The van der Waals surface area contributed by atoms with E-state index in [9.17, 15) is 34.3 Å². The molecule has 6 N–H and O–H groups in total. The third-order valence-electron chi connectivity index (χ3n) is 9.04. The predicted molar refractivity (Wildman–Crippen MR) is 197 cm³/mol. The molecule has 2 saturated heterocycles. The number of ether oxygens (including phenoxy) is 4. The van der Waals surface area contributed by atoms with Crippen molar-refractivity contribution in [1.82, 2.24) is 29.1 Å². The smallest absolute Gasteiger partial charge is 0.389 e. The molecule has 2 aliphatic heterocycles. The van der Waals surface area contributed by atoms with E-state index in [2.05, 4.69) is 19.9 Å². The summed E-state index contributed by atoms with van der Waals surface area (Å²) in [5, 5.41) is 30.8. The highest BCUT2D eigenvalue weighted by Crippen LogP contribution is 2.64. The second-order valence-corrected chi connectivity index (χ2v) is 16.7. The zero-order valence-electron chi connectivity index (χ0n) is 29.4. The molecule has 2 aromatic carbocycles. The topological polar surface area (TPSA) is 275 Å². The van der Waals surface area contributed by atoms with Gasteiger partial charge in [0.1, 0.15) is 54.0 Å². The van der Waals surface area contributed by atoms with Gasteiger partial charge in [0.25, 0.3) is 5.56 Å². The van der Waals surface area contributed by atoms with Crippen molar-refractivity contribution in [2.45, 2.75) is 55.1 Å². The molecule has 0 amide bonds. The summed E-state index contributed by atoms with van der Waals surface area (Å²) in [7, 11) is 1.31. The highest BCUT2D eigenvalue weighted by molar-refractivity contribution is 8.54. The van der Waals surface area contributed by atoms with Crippen molar-refractivity contribution in [3.05, 3.63) is 105 Å². The lowest BCUT2D eigenvalue weighted by molar-refractivity contribution is -0.0625. The molecule has 20 nitrogen and oxygen atoms in total. The van der Waals surface area contributed by atoms with Crippen LogP contribution in [0.15, 0.2) is 83.0 Å². The van der Waals surface area contributed by atoms with Gasteiger partial charge in [-0.2, -0.15) is 0 Å². The molecule has 296 valence electrons. The van der Waals surface area contributed by atoms with Gasteiger partial charge < -0.3 is 40.0 Å². The van der Waals surface area contributed by atoms with E-state index in [0.717, 1.165) is 22.0 Å². The van der Waals surface area contributed by atoms with Crippen molar-refractivity contribution in [1.29, 1.82) is 0 Å². The number of phenols is 1. The van der Waals surface area contributed by atoms with Gasteiger partial charge in [-0.3, -0.25) is 28.0 Å². The molecule has 7 rings (SSSR count). The number of methoxy groups -OCH3 is 1. The summed E-state index contributed by atoms with van der Waals surface area (Å²) in [6.07, 6.45) is -3.51. The normalized spacial score (nSPS) is 24.7. The highest BCUT2D eigenvalue weighted by Gasteiger charge is 2.51. The van der Waals surface area contributed by atoms with Gasteiger partial charge in [0.05, 0.1) is 31.2 Å². The number of fused-ring (bicyclic) bond motifs is 1. The number of aromatic hydroxyl groups is 1. The van der Waals surface area contributed by atoms with Crippen LogP contribution in [0.25, 0.3) is 11.2 Å². The Balaban J connectivity index is 1.09. The maximum Gasteiger partial charge on any atom is 0.389 e. The van der Waals surface area contributed by atoms with Crippen molar-refractivity contribution >= 4 is 41.1 Å². The maximum atomic E-state index is 14.7. The minimum Gasteiger partial charge on any atom is -0.508 e. The monoisotopic (exact) mass is 813 g/mol. The molecule has 22 heteroatoms. The number of nitrogens with two attached hydrogens (primary N) is 1. The van der Waals surface area contributed by atoms with Crippen molar-refractivity contribution in [2.24, 2.45) is 0 Å². The Morgan fingerprint density at radius 1 is 1.04 bits per heavy atom. The van der Waals surface area contributed by atoms with Gasteiger partial charge in [-0.05, 0) is 53.3 Å². The van der Waals surface area contributed by atoms with E-state index in [0.29, 0.717) is 16.7 Å². The number of carbonyl (C=O) groups excluding carboxylic acids is 1. The number of nitrogens with zero attached hydrogens (tertiary/aromatic N) is 5. The number of benzene rings is 2. The number of aliphatic hydroxyl groups is 2. The summed E-state index contributed by atoms with van der Waals surface area (Å²) in [4.78, 5) is 51.5. The van der Waals surface area contributed by atoms with Gasteiger partial charge >= 0.3 is 18.5 Å². The number of imidazole rings is 1. The SMILES string of the molecule is COC1C(O[P@](=O)(OC[C@H]2O[C@@H](n3cnc4c(N)ncnc43)CC2O)SCc2ccc(OC(=O)c3ccc(O)cc3)cc2)[C@@H](CO)O[C@H]1n1ccc(=O)[nH]c1=O. The molecule has 3 unspecified atom stereocenters. The number of aliphatic hydroxyl groups excluding tert-OH is 2. The molecule has 3 aromatic heterocycles. The number of aromatic amines is 1. The number of phenolic OH excluding ortho intramolecular Hbond substituents is 1. The van der Waals surface area contributed by atoms with Crippen LogP contribution in [0, 0.1) is 0 Å². The van der Waals surface area contributed by atoms with Crippen LogP contribution in [0.1, 0.15) is 34.8 Å². The third kappa shape index (κ3) is 8.41. The summed E-state index contributed by atoms with van der Waals surface area (Å²) in [6, 6.07) is 13.1. The number of rotatable bonds is 14. The fraction of sp³-hybridized carbons (Fsp3) is 0.353. The summed E-state index contributed by atoms with van der Waals surface area (Å²) >= 11 is 0.783. The molecule has 8 atom stereocenters. The van der Waals surface area contributed by atoms with Gasteiger partial charge in [0, 0.05) is 31.5 Å². The fourth-order valence-corrected chi connectivity index (χ4v) is 9.57. The lowest BCUT2D eigenvalue weighted by atomic mass is 10.1. The maximum absolute atomic E-state index is 14.7. The van der Waals surface area contributed by atoms with Crippen molar-refractivity contribution < 1.29 is 52.7 Å². The quantitative estimate of drug-likeness (QED) is 0.0608. The fourth-order valence-electron chi connectivity index (χ4n) is 6.18. The van der Waals surface area contributed by atoms with Gasteiger partial charge in [-0.25, -0.2) is 29.1 Å². The molecular weight excluding hydrogens is 777 g/mol. The Morgan fingerprint density at radius 3 is 2.52 bits per heavy atom. The van der Waals surface area contributed by atoms with Gasteiger partial charge in [-0.15, -0.1) is 0 Å². The van der Waals surface area contributed by atoms with E-state index < -0.39 is 80.2 Å². The molecule has 5 aromatic rings. The Labute approximate surface area is 320 Å². The average Bonchev–Trinajstić information content (AvgIpc) is 3.89. The summed E-state index contributed by atoms with van der Waals surface area (Å²) < 4.78 is 52.7. The number of anilines is 1. The molecule has 0 radical (unpaired) electrons. The molecule has 56 heavy (non-hydrogen) atoms. The Hall–Kier alpha value is -4.96. The van der Waals surface area contributed by atoms with Crippen LogP contribution in [-0.4, -0.2) is 101 Å². The standard InChI is InChI=1S/C34H36N7O13PS/c1-49-29-28(23(13-42)53-32(29)40-11-10-25(45)39-34(40)47)54-55(48,56-15-18-2-8-21(9-3-18)51-33(46)19-4-6-20(43)7-5-19)50-14-24-22(44)12-26(52-24)41-17-38-27-30(35)36-16-37-31(27)41/h2-11,16-17,22-24,26,28-29,32,42-44H,12-15H2,1H3,(H2,35,36,37)(H,39,45,47)/t22?,23-,24-,26-,28?,29?,32-,55+/m1/s1. The molecule has 0 bridgehead atoms. The first kappa shape index (κ1) is 39.3. The van der Waals surface area contributed by atoms with E-state index in [4.69, 9.17) is 33.7 Å². The molecule has 0 saturated carbocycles. The van der Waals surface area contributed by atoms with Gasteiger partial charge in [-0.1, -0.05) is 12.1 Å².